The van der Waals surface area contributed by atoms with E-state index < -0.39 is 0 Å². The van der Waals surface area contributed by atoms with Gasteiger partial charge in [-0.3, -0.25) is 0 Å². The van der Waals surface area contributed by atoms with Gasteiger partial charge in [0, 0.05) is 19.2 Å². The summed E-state index contributed by atoms with van der Waals surface area (Å²) in [5.74, 6) is 1.00. The molecule has 1 aliphatic rings. The van der Waals surface area contributed by atoms with Crippen LogP contribution in [0.2, 0.25) is 0 Å². The summed E-state index contributed by atoms with van der Waals surface area (Å²) >= 11 is 0. The van der Waals surface area contributed by atoms with E-state index in [2.05, 4.69) is 19.2 Å². The van der Waals surface area contributed by atoms with Crippen LogP contribution in [-0.4, -0.2) is 25.8 Å². The van der Waals surface area contributed by atoms with Crippen molar-refractivity contribution in [3.63, 3.8) is 0 Å². The van der Waals surface area contributed by atoms with Crippen molar-refractivity contribution < 1.29 is 4.74 Å². The Balaban J connectivity index is 2.10. The highest BCUT2D eigenvalue weighted by atomic mass is 16.5. The molecule has 1 saturated carbocycles. The van der Waals surface area contributed by atoms with Crippen LogP contribution in [0.3, 0.4) is 0 Å². The maximum Gasteiger partial charge on any atom is 0.0590 e. The summed E-state index contributed by atoms with van der Waals surface area (Å²) < 4.78 is 5.35. The second kappa shape index (κ2) is 9.00. The van der Waals surface area contributed by atoms with Gasteiger partial charge in [-0.25, -0.2) is 0 Å². The Morgan fingerprint density at radius 1 is 1.12 bits per heavy atom. The summed E-state index contributed by atoms with van der Waals surface area (Å²) in [7, 11) is 0. The number of hydrogen-bond donors (Lipinski definition) is 1. The SMILES string of the molecule is CCCC1CCCC(NCCOCC)CC1. The van der Waals surface area contributed by atoms with E-state index in [1.165, 1.54) is 44.9 Å². The number of rotatable bonds is 7. The topological polar surface area (TPSA) is 21.3 Å². The van der Waals surface area contributed by atoms with Crippen molar-refractivity contribution in [1.29, 1.82) is 0 Å². The fourth-order valence-corrected chi connectivity index (χ4v) is 2.76. The van der Waals surface area contributed by atoms with Crippen LogP contribution in [0.5, 0.6) is 0 Å². The van der Waals surface area contributed by atoms with E-state index in [9.17, 15) is 0 Å². The van der Waals surface area contributed by atoms with Gasteiger partial charge in [0.05, 0.1) is 6.61 Å². The fraction of sp³-hybridized carbons (Fsp3) is 1.00. The van der Waals surface area contributed by atoms with Gasteiger partial charge < -0.3 is 10.1 Å². The standard InChI is InChI=1S/C14H29NO/c1-3-6-13-7-5-8-14(10-9-13)15-11-12-16-4-2/h13-15H,3-12H2,1-2H3. The van der Waals surface area contributed by atoms with Gasteiger partial charge in [-0.05, 0) is 32.1 Å². The molecule has 2 atom stereocenters. The molecule has 96 valence electrons. The van der Waals surface area contributed by atoms with Crippen molar-refractivity contribution in [2.75, 3.05) is 19.8 Å². The molecule has 0 amide bonds. The average Bonchev–Trinajstić information content (AvgIpc) is 2.51. The molecule has 0 saturated heterocycles. The van der Waals surface area contributed by atoms with Crippen LogP contribution in [0, 0.1) is 5.92 Å². The highest BCUT2D eigenvalue weighted by molar-refractivity contribution is 4.74. The molecule has 2 heteroatoms. The zero-order valence-corrected chi connectivity index (χ0v) is 11.1. The maximum atomic E-state index is 5.35. The van der Waals surface area contributed by atoms with E-state index in [0.717, 1.165) is 31.7 Å². The average molecular weight is 227 g/mol. The minimum Gasteiger partial charge on any atom is -0.380 e. The zero-order valence-electron chi connectivity index (χ0n) is 11.1. The molecule has 0 spiro atoms. The van der Waals surface area contributed by atoms with Crippen molar-refractivity contribution in [2.45, 2.75) is 64.8 Å². The largest absolute Gasteiger partial charge is 0.380 e. The lowest BCUT2D eigenvalue weighted by Crippen LogP contribution is -2.31. The molecule has 0 aromatic rings. The smallest absolute Gasteiger partial charge is 0.0590 e. The normalized spacial score (nSPS) is 26.6. The summed E-state index contributed by atoms with van der Waals surface area (Å²) in [4.78, 5) is 0. The van der Waals surface area contributed by atoms with E-state index in [-0.39, 0.29) is 0 Å². The first-order valence-electron chi connectivity index (χ1n) is 7.18. The number of ether oxygens (including phenoxy) is 1. The summed E-state index contributed by atoms with van der Waals surface area (Å²) in [6, 6.07) is 0.752. The first-order chi connectivity index (χ1) is 7.86. The molecule has 0 aliphatic heterocycles. The molecule has 1 aliphatic carbocycles. The quantitative estimate of drug-likeness (QED) is 0.532. The maximum absolute atomic E-state index is 5.35. The minimum absolute atomic E-state index is 0.752. The van der Waals surface area contributed by atoms with Gasteiger partial charge in [-0.2, -0.15) is 0 Å². The van der Waals surface area contributed by atoms with Crippen molar-refractivity contribution >= 4 is 0 Å². The predicted octanol–water partition coefficient (Wildman–Crippen LogP) is 3.36. The van der Waals surface area contributed by atoms with Crippen LogP contribution < -0.4 is 5.32 Å². The van der Waals surface area contributed by atoms with Crippen LogP contribution >= 0.6 is 0 Å². The summed E-state index contributed by atoms with van der Waals surface area (Å²) in [5, 5.41) is 3.63. The zero-order chi connectivity index (χ0) is 11.6. The Morgan fingerprint density at radius 3 is 2.75 bits per heavy atom. The first-order valence-corrected chi connectivity index (χ1v) is 7.18. The van der Waals surface area contributed by atoms with E-state index >= 15 is 0 Å². The van der Waals surface area contributed by atoms with Gasteiger partial charge in [-0.1, -0.05) is 32.6 Å². The van der Waals surface area contributed by atoms with Crippen molar-refractivity contribution in [3.05, 3.63) is 0 Å². The van der Waals surface area contributed by atoms with Crippen molar-refractivity contribution in [3.8, 4) is 0 Å². The molecule has 0 aromatic carbocycles. The molecule has 2 nitrogen and oxygen atoms in total. The molecule has 0 aromatic heterocycles. The van der Waals surface area contributed by atoms with Gasteiger partial charge in [0.1, 0.15) is 0 Å². The Kier molecular flexibility index (Phi) is 7.87. The minimum atomic E-state index is 0.752. The van der Waals surface area contributed by atoms with Crippen LogP contribution in [-0.2, 0) is 4.74 Å². The molecule has 2 unspecified atom stereocenters. The lowest BCUT2D eigenvalue weighted by Gasteiger charge is -2.16. The third-order valence-corrected chi connectivity index (χ3v) is 3.67. The second-order valence-corrected chi connectivity index (χ2v) is 5.01. The monoisotopic (exact) mass is 227 g/mol. The molecule has 0 heterocycles. The van der Waals surface area contributed by atoms with E-state index in [1.54, 1.807) is 0 Å². The van der Waals surface area contributed by atoms with Crippen molar-refractivity contribution in [1.82, 2.24) is 5.32 Å². The molecule has 0 radical (unpaired) electrons. The van der Waals surface area contributed by atoms with Gasteiger partial charge in [-0.15, -0.1) is 0 Å². The molecule has 1 rings (SSSR count). The van der Waals surface area contributed by atoms with E-state index in [0.29, 0.717) is 0 Å². The summed E-state index contributed by atoms with van der Waals surface area (Å²) in [6.07, 6.45) is 9.83. The Hall–Kier alpha value is -0.0800. The number of nitrogens with one attached hydrogen (secondary N) is 1. The lowest BCUT2D eigenvalue weighted by atomic mass is 9.95. The summed E-state index contributed by atoms with van der Waals surface area (Å²) in [5.41, 5.74) is 0. The summed E-state index contributed by atoms with van der Waals surface area (Å²) in [6.45, 7) is 7.09. The van der Waals surface area contributed by atoms with Gasteiger partial charge in [0.2, 0.25) is 0 Å². The lowest BCUT2D eigenvalue weighted by molar-refractivity contribution is 0.146. The highest BCUT2D eigenvalue weighted by Crippen LogP contribution is 2.26. The Morgan fingerprint density at radius 2 is 2.00 bits per heavy atom. The van der Waals surface area contributed by atoms with E-state index in [4.69, 9.17) is 4.74 Å². The van der Waals surface area contributed by atoms with Crippen LogP contribution in [0.25, 0.3) is 0 Å². The van der Waals surface area contributed by atoms with Crippen LogP contribution in [0.4, 0.5) is 0 Å². The molecule has 16 heavy (non-hydrogen) atoms. The molecule has 1 N–H and O–H groups in total. The van der Waals surface area contributed by atoms with Crippen LogP contribution in [0.1, 0.15) is 58.8 Å². The van der Waals surface area contributed by atoms with Gasteiger partial charge >= 0.3 is 0 Å². The highest BCUT2D eigenvalue weighted by Gasteiger charge is 2.17. The molecule has 1 fully saturated rings. The second-order valence-electron chi connectivity index (χ2n) is 5.01. The Labute approximate surface area is 101 Å². The van der Waals surface area contributed by atoms with Crippen molar-refractivity contribution in [2.24, 2.45) is 5.92 Å². The third-order valence-electron chi connectivity index (χ3n) is 3.67. The third kappa shape index (κ3) is 5.86. The number of hydrogen-bond acceptors (Lipinski definition) is 2. The predicted molar refractivity (Wildman–Crippen MR) is 69.8 cm³/mol. The molecular formula is C14H29NO. The van der Waals surface area contributed by atoms with Gasteiger partial charge in [0.15, 0.2) is 0 Å². The Bertz CT molecular complexity index is 161. The first kappa shape index (κ1) is 14.0. The van der Waals surface area contributed by atoms with Crippen LogP contribution in [0.15, 0.2) is 0 Å². The van der Waals surface area contributed by atoms with E-state index in [1.807, 2.05) is 0 Å². The van der Waals surface area contributed by atoms with Gasteiger partial charge in [0.25, 0.3) is 0 Å². The molecule has 0 bridgehead atoms. The molecular weight excluding hydrogens is 198 g/mol. The fourth-order valence-electron chi connectivity index (χ4n) is 2.76.